The molecule has 2 heteroatoms. The summed E-state index contributed by atoms with van der Waals surface area (Å²) in [5.41, 5.74) is 1.04. The Morgan fingerprint density at radius 1 is 1.17 bits per heavy atom. The molecule has 0 amide bonds. The molecule has 5 atom stereocenters. The average molecular weight is 252 g/mol. The number of rotatable bonds is 2. The Morgan fingerprint density at radius 3 is 2.50 bits per heavy atom. The number of hydrogen-bond donors (Lipinski definition) is 1. The van der Waals surface area contributed by atoms with Gasteiger partial charge in [-0.3, -0.25) is 0 Å². The van der Waals surface area contributed by atoms with Crippen LogP contribution in [0.5, 0.6) is 0 Å². The van der Waals surface area contributed by atoms with Crippen LogP contribution in [0.3, 0.4) is 0 Å². The van der Waals surface area contributed by atoms with Crippen LogP contribution in [0.15, 0.2) is 0 Å². The third-order valence-electron chi connectivity index (χ3n) is 6.89. The van der Waals surface area contributed by atoms with E-state index in [9.17, 15) is 5.11 Å². The Balaban J connectivity index is 2.14. The highest BCUT2D eigenvalue weighted by Gasteiger charge is 2.74. The van der Waals surface area contributed by atoms with Gasteiger partial charge >= 0.3 is 0 Å². The summed E-state index contributed by atoms with van der Waals surface area (Å²) in [4.78, 5) is 0. The summed E-state index contributed by atoms with van der Waals surface area (Å²) in [6.45, 7) is 7.70. The fraction of sp³-hybridized carbons (Fsp3) is 1.00. The van der Waals surface area contributed by atoms with Crippen molar-refractivity contribution in [2.45, 2.75) is 59.0 Å². The molecule has 0 aromatic carbocycles. The van der Waals surface area contributed by atoms with E-state index in [2.05, 4.69) is 20.8 Å². The van der Waals surface area contributed by atoms with Crippen molar-refractivity contribution in [1.29, 1.82) is 0 Å². The monoisotopic (exact) mass is 252 g/mol. The van der Waals surface area contributed by atoms with Crippen molar-refractivity contribution in [2.75, 3.05) is 13.7 Å². The molecule has 2 nitrogen and oxygen atoms in total. The van der Waals surface area contributed by atoms with Crippen LogP contribution in [0.4, 0.5) is 0 Å². The van der Waals surface area contributed by atoms with E-state index in [-0.39, 0.29) is 5.41 Å². The number of hydrogen-bond acceptors (Lipinski definition) is 2. The molecule has 0 aromatic heterocycles. The zero-order valence-electron chi connectivity index (χ0n) is 12.3. The standard InChI is InChI=1S/C16H28O2/c1-14(2)10-15(3)8-7-13(18-4)16(15)11(9-17)5-6-12(14)16/h11-13,17H,5-10H2,1-4H3/t11-,12+,13+,15+,16?/m0/s1. The second-order valence-corrected chi connectivity index (χ2v) is 7.93. The Kier molecular flexibility index (Phi) is 2.68. The Hall–Kier alpha value is -0.0800. The molecule has 3 saturated carbocycles. The lowest BCUT2D eigenvalue weighted by Crippen LogP contribution is -2.47. The SMILES string of the molecule is CO[C@@H]1CC[C@]2(C)CC(C)(C)[C@H]3CC[C@@H](CO)C312. The van der Waals surface area contributed by atoms with Crippen LogP contribution >= 0.6 is 0 Å². The van der Waals surface area contributed by atoms with Gasteiger partial charge in [-0.2, -0.15) is 0 Å². The van der Waals surface area contributed by atoms with Gasteiger partial charge in [0.25, 0.3) is 0 Å². The van der Waals surface area contributed by atoms with Gasteiger partial charge in [-0.1, -0.05) is 20.8 Å². The van der Waals surface area contributed by atoms with Gasteiger partial charge in [0.15, 0.2) is 0 Å². The second-order valence-electron chi connectivity index (χ2n) is 7.93. The Labute approximate surface area is 111 Å². The molecule has 18 heavy (non-hydrogen) atoms. The molecule has 1 spiro atoms. The van der Waals surface area contributed by atoms with E-state index in [1.165, 1.54) is 32.1 Å². The Bertz CT molecular complexity index is 343. The van der Waals surface area contributed by atoms with Gasteiger partial charge in [0, 0.05) is 19.1 Å². The summed E-state index contributed by atoms with van der Waals surface area (Å²) in [5, 5.41) is 9.90. The molecule has 0 aliphatic heterocycles. The van der Waals surface area contributed by atoms with Crippen molar-refractivity contribution in [3.63, 3.8) is 0 Å². The van der Waals surface area contributed by atoms with Gasteiger partial charge in [-0.15, -0.1) is 0 Å². The van der Waals surface area contributed by atoms with E-state index in [1.807, 2.05) is 7.11 Å². The zero-order chi connectivity index (χ0) is 13.2. The molecular weight excluding hydrogens is 224 g/mol. The lowest BCUT2D eigenvalue weighted by atomic mass is 9.60. The molecule has 1 N–H and O–H groups in total. The highest BCUT2D eigenvalue weighted by molar-refractivity contribution is 5.22. The maximum atomic E-state index is 9.90. The molecule has 0 saturated heterocycles. The maximum Gasteiger partial charge on any atom is 0.0639 e. The van der Waals surface area contributed by atoms with Crippen LogP contribution in [0, 0.1) is 28.1 Å². The number of aliphatic hydroxyl groups is 1. The smallest absolute Gasteiger partial charge is 0.0639 e. The van der Waals surface area contributed by atoms with Crippen LogP contribution in [0.25, 0.3) is 0 Å². The predicted octanol–water partition coefficient (Wildman–Crippen LogP) is 3.24. The minimum atomic E-state index is 0.250. The lowest BCUT2D eigenvalue weighted by Gasteiger charge is -2.46. The summed E-state index contributed by atoms with van der Waals surface area (Å²) < 4.78 is 5.91. The van der Waals surface area contributed by atoms with E-state index in [0.717, 1.165) is 5.92 Å². The van der Waals surface area contributed by atoms with Gasteiger partial charge in [0.1, 0.15) is 0 Å². The number of ether oxygens (including phenoxy) is 1. The molecule has 3 aliphatic carbocycles. The van der Waals surface area contributed by atoms with Crippen LogP contribution in [0.2, 0.25) is 0 Å². The van der Waals surface area contributed by atoms with Crippen LogP contribution in [-0.2, 0) is 4.74 Å². The average Bonchev–Trinajstić information content (AvgIpc) is 2.85. The minimum Gasteiger partial charge on any atom is -0.396 e. The van der Waals surface area contributed by atoms with Crippen LogP contribution in [-0.4, -0.2) is 24.9 Å². The third-order valence-corrected chi connectivity index (χ3v) is 6.89. The molecular formula is C16H28O2. The van der Waals surface area contributed by atoms with E-state index in [0.29, 0.717) is 29.5 Å². The summed E-state index contributed by atoms with van der Waals surface area (Å²) in [6, 6.07) is 0. The van der Waals surface area contributed by atoms with E-state index in [4.69, 9.17) is 4.74 Å². The first-order valence-corrected chi connectivity index (χ1v) is 7.56. The lowest BCUT2D eigenvalue weighted by molar-refractivity contribution is -0.0883. The summed E-state index contributed by atoms with van der Waals surface area (Å²) >= 11 is 0. The van der Waals surface area contributed by atoms with Crippen molar-refractivity contribution in [1.82, 2.24) is 0 Å². The number of aliphatic hydroxyl groups excluding tert-OH is 1. The highest BCUT2D eigenvalue weighted by Crippen LogP contribution is 2.77. The zero-order valence-corrected chi connectivity index (χ0v) is 12.3. The minimum absolute atomic E-state index is 0.250. The fourth-order valence-corrected chi connectivity index (χ4v) is 6.79. The molecule has 3 rings (SSSR count). The molecule has 1 unspecified atom stereocenters. The van der Waals surface area contributed by atoms with Crippen LogP contribution in [0.1, 0.15) is 52.9 Å². The normalized spacial score (nSPS) is 53.5. The number of methoxy groups -OCH3 is 1. The van der Waals surface area contributed by atoms with Crippen molar-refractivity contribution in [2.24, 2.45) is 28.1 Å². The van der Waals surface area contributed by atoms with E-state index < -0.39 is 0 Å². The topological polar surface area (TPSA) is 29.5 Å². The first-order chi connectivity index (χ1) is 8.42. The molecule has 0 aromatic rings. The first kappa shape index (κ1) is 12.9. The summed E-state index contributed by atoms with van der Waals surface area (Å²) in [5.74, 6) is 1.20. The van der Waals surface area contributed by atoms with E-state index >= 15 is 0 Å². The van der Waals surface area contributed by atoms with Crippen molar-refractivity contribution in [3.8, 4) is 0 Å². The van der Waals surface area contributed by atoms with Crippen molar-refractivity contribution < 1.29 is 9.84 Å². The quantitative estimate of drug-likeness (QED) is 0.817. The summed E-state index contributed by atoms with van der Waals surface area (Å²) in [6.07, 6.45) is 6.63. The molecule has 104 valence electrons. The molecule has 3 fully saturated rings. The molecule has 3 aliphatic rings. The molecule has 0 heterocycles. The van der Waals surface area contributed by atoms with Gasteiger partial charge in [-0.05, 0) is 54.8 Å². The first-order valence-electron chi connectivity index (χ1n) is 7.56. The van der Waals surface area contributed by atoms with E-state index in [1.54, 1.807) is 0 Å². The Morgan fingerprint density at radius 2 is 1.89 bits per heavy atom. The largest absolute Gasteiger partial charge is 0.396 e. The highest BCUT2D eigenvalue weighted by atomic mass is 16.5. The fourth-order valence-electron chi connectivity index (χ4n) is 6.79. The van der Waals surface area contributed by atoms with Gasteiger partial charge in [-0.25, -0.2) is 0 Å². The van der Waals surface area contributed by atoms with Crippen molar-refractivity contribution in [3.05, 3.63) is 0 Å². The predicted molar refractivity (Wildman–Crippen MR) is 72.3 cm³/mol. The third kappa shape index (κ3) is 1.22. The van der Waals surface area contributed by atoms with Gasteiger partial charge in [0.05, 0.1) is 6.10 Å². The second kappa shape index (κ2) is 3.73. The van der Waals surface area contributed by atoms with Crippen LogP contribution < -0.4 is 0 Å². The van der Waals surface area contributed by atoms with Crippen molar-refractivity contribution >= 4 is 0 Å². The molecule has 0 radical (unpaired) electrons. The van der Waals surface area contributed by atoms with Gasteiger partial charge < -0.3 is 9.84 Å². The van der Waals surface area contributed by atoms with Gasteiger partial charge in [0.2, 0.25) is 0 Å². The molecule has 0 bridgehead atoms. The maximum absolute atomic E-state index is 9.90. The summed E-state index contributed by atoms with van der Waals surface area (Å²) in [7, 11) is 1.88.